The van der Waals surface area contributed by atoms with Gasteiger partial charge in [-0.3, -0.25) is 9.69 Å². The standard InChI is InChI=1S/C23H27ClN4O3S/c24-18-4-1-5-20(14-18)28-11-9-27(10-12-28)8-3-7-25-23(29)17-30-16-19-15-21(31-26-19)22-6-2-13-32-22/h1-2,4-6,13-15H,3,7-12,16-17H2,(H,25,29). The number of piperazine rings is 1. The highest BCUT2D eigenvalue weighted by Crippen LogP contribution is 2.25. The van der Waals surface area contributed by atoms with Crippen molar-refractivity contribution in [2.45, 2.75) is 13.0 Å². The molecule has 1 amide bonds. The summed E-state index contributed by atoms with van der Waals surface area (Å²) < 4.78 is 10.8. The minimum Gasteiger partial charge on any atom is -0.369 e. The third kappa shape index (κ3) is 6.56. The number of hydrogen-bond acceptors (Lipinski definition) is 7. The maximum Gasteiger partial charge on any atom is 0.246 e. The van der Waals surface area contributed by atoms with Crippen molar-refractivity contribution in [1.29, 1.82) is 0 Å². The van der Waals surface area contributed by atoms with Gasteiger partial charge in [-0.1, -0.05) is 28.9 Å². The summed E-state index contributed by atoms with van der Waals surface area (Å²) in [5.74, 6) is 0.606. The molecule has 7 nitrogen and oxygen atoms in total. The summed E-state index contributed by atoms with van der Waals surface area (Å²) in [6, 6.07) is 13.8. The fraction of sp³-hybridized carbons (Fsp3) is 0.391. The first-order valence-electron chi connectivity index (χ1n) is 10.7. The fourth-order valence-electron chi connectivity index (χ4n) is 3.65. The lowest BCUT2D eigenvalue weighted by atomic mass is 10.2. The van der Waals surface area contributed by atoms with Crippen LogP contribution in [-0.2, 0) is 16.1 Å². The Morgan fingerprint density at radius 3 is 2.84 bits per heavy atom. The molecule has 0 saturated carbocycles. The number of halogens is 1. The third-order valence-electron chi connectivity index (χ3n) is 5.33. The first-order valence-corrected chi connectivity index (χ1v) is 12.0. The molecule has 0 atom stereocenters. The minimum absolute atomic E-state index is 0.0134. The van der Waals surface area contributed by atoms with Crippen molar-refractivity contribution in [1.82, 2.24) is 15.4 Å². The highest BCUT2D eigenvalue weighted by atomic mass is 35.5. The van der Waals surface area contributed by atoms with E-state index in [-0.39, 0.29) is 19.1 Å². The van der Waals surface area contributed by atoms with Crippen LogP contribution in [0.3, 0.4) is 0 Å². The minimum atomic E-state index is -0.113. The highest BCUT2D eigenvalue weighted by molar-refractivity contribution is 7.13. The van der Waals surface area contributed by atoms with Crippen LogP contribution in [0.4, 0.5) is 5.69 Å². The summed E-state index contributed by atoms with van der Waals surface area (Å²) in [7, 11) is 0. The van der Waals surface area contributed by atoms with E-state index in [0.717, 1.165) is 54.8 Å². The van der Waals surface area contributed by atoms with Gasteiger partial charge in [0.15, 0.2) is 5.76 Å². The molecule has 1 aliphatic rings. The van der Waals surface area contributed by atoms with E-state index in [1.807, 2.05) is 41.8 Å². The number of aromatic nitrogens is 1. The fourth-order valence-corrected chi connectivity index (χ4v) is 4.50. The Kier molecular flexibility index (Phi) is 8.17. The summed E-state index contributed by atoms with van der Waals surface area (Å²) in [6.07, 6.45) is 0.913. The molecule has 0 aliphatic carbocycles. The van der Waals surface area contributed by atoms with Crippen molar-refractivity contribution in [2.75, 3.05) is 50.8 Å². The smallest absolute Gasteiger partial charge is 0.246 e. The largest absolute Gasteiger partial charge is 0.369 e. The van der Waals surface area contributed by atoms with Crippen molar-refractivity contribution in [3.05, 3.63) is 58.6 Å². The molecule has 1 aliphatic heterocycles. The van der Waals surface area contributed by atoms with Gasteiger partial charge in [0.05, 0.1) is 11.5 Å². The van der Waals surface area contributed by atoms with E-state index in [4.69, 9.17) is 20.9 Å². The zero-order valence-corrected chi connectivity index (χ0v) is 19.4. The van der Waals surface area contributed by atoms with Crippen LogP contribution in [-0.4, -0.2) is 61.8 Å². The molecule has 2 aromatic heterocycles. The van der Waals surface area contributed by atoms with E-state index in [1.54, 1.807) is 11.3 Å². The predicted molar refractivity (Wildman–Crippen MR) is 127 cm³/mol. The van der Waals surface area contributed by atoms with Crippen LogP contribution in [0, 0.1) is 0 Å². The Morgan fingerprint density at radius 2 is 2.06 bits per heavy atom. The number of nitrogens with zero attached hydrogens (tertiary/aromatic N) is 3. The Morgan fingerprint density at radius 1 is 1.19 bits per heavy atom. The third-order valence-corrected chi connectivity index (χ3v) is 6.44. The molecule has 32 heavy (non-hydrogen) atoms. The SMILES string of the molecule is O=C(COCc1cc(-c2cccs2)on1)NCCCN1CCN(c2cccc(Cl)c2)CC1. The van der Waals surface area contributed by atoms with Gasteiger partial charge in [0.25, 0.3) is 0 Å². The molecule has 0 bridgehead atoms. The van der Waals surface area contributed by atoms with Crippen LogP contribution >= 0.6 is 22.9 Å². The summed E-state index contributed by atoms with van der Waals surface area (Å²) in [4.78, 5) is 17.8. The number of anilines is 1. The molecule has 0 unspecified atom stereocenters. The van der Waals surface area contributed by atoms with Crippen molar-refractivity contribution >= 4 is 34.5 Å². The normalized spacial score (nSPS) is 14.6. The average Bonchev–Trinajstić information content (AvgIpc) is 3.49. The second-order valence-electron chi connectivity index (χ2n) is 7.66. The number of amides is 1. The van der Waals surface area contributed by atoms with Crippen molar-refractivity contribution in [2.24, 2.45) is 0 Å². The molecule has 9 heteroatoms. The summed E-state index contributed by atoms with van der Waals surface area (Å²) >= 11 is 7.69. The van der Waals surface area contributed by atoms with E-state index in [9.17, 15) is 4.79 Å². The Bertz CT molecular complexity index is 987. The average molecular weight is 475 g/mol. The molecule has 1 N–H and O–H groups in total. The number of ether oxygens (including phenoxy) is 1. The molecule has 170 valence electrons. The van der Waals surface area contributed by atoms with Gasteiger partial charge >= 0.3 is 0 Å². The van der Waals surface area contributed by atoms with E-state index in [0.29, 0.717) is 12.2 Å². The van der Waals surface area contributed by atoms with Crippen molar-refractivity contribution in [3.63, 3.8) is 0 Å². The predicted octanol–water partition coefficient (Wildman–Crippen LogP) is 3.90. The molecule has 3 aromatic rings. The molecule has 0 spiro atoms. The second-order valence-corrected chi connectivity index (χ2v) is 9.05. The maximum atomic E-state index is 12.0. The van der Waals surface area contributed by atoms with Gasteiger partial charge in [0.1, 0.15) is 12.3 Å². The zero-order valence-electron chi connectivity index (χ0n) is 17.8. The Balaban J connectivity index is 1.06. The molecule has 1 fully saturated rings. The van der Waals surface area contributed by atoms with E-state index < -0.39 is 0 Å². The summed E-state index contributed by atoms with van der Waals surface area (Å²) in [5, 5.41) is 9.66. The lowest BCUT2D eigenvalue weighted by molar-refractivity contribution is -0.126. The quantitative estimate of drug-likeness (QED) is 0.449. The zero-order chi connectivity index (χ0) is 22.2. The second kappa shape index (κ2) is 11.5. The van der Waals surface area contributed by atoms with E-state index in [2.05, 4.69) is 26.3 Å². The maximum absolute atomic E-state index is 12.0. The topological polar surface area (TPSA) is 70.8 Å². The molecule has 4 rings (SSSR count). The molecule has 0 radical (unpaired) electrons. The van der Waals surface area contributed by atoms with Crippen LogP contribution in [0.15, 0.2) is 52.4 Å². The van der Waals surface area contributed by atoms with Crippen molar-refractivity contribution in [3.8, 4) is 10.6 Å². The van der Waals surface area contributed by atoms with Crippen LogP contribution in [0.1, 0.15) is 12.1 Å². The van der Waals surface area contributed by atoms with Crippen LogP contribution in [0.25, 0.3) is 10.6 Å². The number of carbonyl (C=O) groups excluding carboxylic acids is 1. The molecule has 3 heterocycles. The van der Waals surface area contributed by atoms with Gasteiger partial charge in [-0.2, -0.15) is 0 Å². The number of benzene rings is 1. The van der Waals surface area contributed by atoms with Gasteiger partial charge in [0, 0.05) is 49.5 Å². The van der Waals surface area contributed by atoms with E-state index >= 15 is 0 Å². The molecule has 1 aromatic carbocycles. The monoisotopic (exact) mass is 474 g/mol. The number of nitrogens with one attached hydrogen (secondary N) is 1. The lowest BCUT2D eigenvalue weighted by Crippen LogP contribution is -2.47. The lowest BCUT2D eigenvalue weighted by Gasteiger charge is -2.36. The van der Waals surface area contributed by atoms with Gasteiger partial charge in [-0.05, 0) is 42.6 Å². The number of rotatable bonds is 10. The summed E-state index contributed by atoms with van der Waals surface area (Å²) in [6.45, 7) is 5.86. The number of thiophene rings is 1. The van der Waals surface area contributed by atoms with Gasteiger partial charge < -0.3 is 19.5 Å². The first-order chi connectivity index (χ1) is 15.7. The molecular formula is C23H27ClN4O3S. The van der Waals surface area contributed by atoms with E-state index in [1.165, 1.54) is 5.69 Å². The summed E-state index contributed by atoms with van der Waals surface area (Å²) in [5.41, 5.74) is 1.86. The molecular weight excluding hydrogens is 448 g/mol. The van der Waals surface area contributed by atoms with Gasteiger partial charge in [-0.25, -0.2) is 0 Å². The number of carbonyl (C=O) groups is 1. The Labute approximate surface area is 196 Å². The highest BCUT2D eigenvalue weighted by Gasteiger charge is 2.17. The van der Waals surface area contributed by atoms with Crippen LogP contribution in [0.2, 0.25) is 5.02 Å². The molecule has 1 saturated heterocycles. The van der Waals surface area contributed by atoms with Crippen LogP contribution in [0.5, 0.6) is 0 Å². The van der Waals surface area contributed by atoms with Crippen molar-refractivity contribution < 1.29 is 14.1 Å². The Hall–Kier alpha value is -2.39. The first kappa shape index (κ1) is 22.8. The van der Waals surface area contributed by atoms with Gasteiger partial charge in [0.2, 0.25) is 5.91 Å². The number of hydrogen-bond donors (Lipinski definition) is 1. The van der Waals surface area contributed by atoms with Gasteiger partial charge in [-0.15, -0.1) is 11.3 Å². The van der Waals surface area contributed by atoms with Crippen LogP contribution < -0.4 is 10.2 Å².